The van der Waals surface area contributed by atoms with Crippen LogP contribution in [0.25, 0.3) is 0 Å². The number of carbonyl (C=O) groups excluding carboxylic acids is 1. The van der Waals surface area contributed by atoms with E-state index in [1.807, 2.05) is 41.3 Å². The quantitative estimate of drug-likeness (QED) is 0.856. The first kappa shape index (κ1) is 15.9. The molecular weight excluding hydrogens is 316 g/mol. The van der Waals surface area contributed by atoms with Crippen LogP contribution in [-0.2, 0) is 11.2 Å². The fraction of sp³-hybridized carbons (Fsp3) is 0.400. The summed E-state index contributed by atoms with van der Waals surface area (Å²) in [5.41, 5.74) is 2.10. The van der Waals surface area contributed by atoms with Gasteiger partial charge in [-0.2, -0.15) is 0 Å². The van der Waals surface area contributed by atoms with Gasteiger partial charge in [-0.15, -0.1) is 0 Å². The number of amides is 1. The topological polar surface area (TPSA) is 51.7 Å². The van der Waals surface area contributed by atoms with Crippen molar-refractivity contribution in [1.29, 1.82) is 0 Å². The van der Waals surface area contributed by atoms with E-state index in [2.05, 4.69) is 4.98 Å². The van der Waals surface area contributed by atoms with E-state index >= 15 is 0 Å². The zero-order chi connectivity index (χ0) is 17.1. The number of ether oxygens (including phenoxy) is 2. The molecule has 1 saturated heterocycles. The predicted molar refractivity (Wildman–Crippen MR) is 93.4 cm³/mol. The van der Waals surface area contributed by atoms with E-state index in [1.165, 1.54) is 0 Å². The van der Waals surface area contributed by atoms with Gasteiger partial charge in [0.1, 0.15) is 0 Å². The van der Waals surface area contributed by atoms with Crippen LogP contribution in [0.1, 0.15) is 43.0 Å². The maximum absolute atomic E-state index is 12.8. The van der Waals surface area contributed by atoms with E-state index < -0.39 is 0 Å². The Balaban J connectivity index is 1.42. The number of likely N-dealkylation sites (tertiary alicyclic amines) is 1. The molecule has 0 spiro atoms. The standard InChI is InChI=1S/C20H22N2O3/c23-20(10-8-15-7-9-18-19(13-15)25-14-24-18)22-12-4-2-6-17(22)16-5-1-3-11-21-16/h1,3,5,7,9,11,13,17H,2,4,6,8,10,12,14H2/t17-/m1/s1. The highest BCUT2D eigenvalue weighted by molar-refractivity contribution is 5.77. The second-order valence-electron chi connectivity index (χ2n) is 6.54. The number of pyridine rings is 1. The first-order valence-electron chi connectivity index (χ1n) is 8.90. The van der Waals surface area contributed by atoms with Gasteiger partial charge in [0, 0.05) is 19.2 Å². The van der Waals surface area contributed by atoms with E-state index in [1.54, 1.807) is 6.20 Å². The van der Waals surface area contributed by atoms with E-state index in [0.29, 0.717) is 12.8 Å². The number of aromatic nitrogens is 1. The maximum atomic E-state index is 12.8. The molecule has 130 valence electrons. The molecule has 0 N–H and O–H groups in total. The minimum absolute atomic E-state index is 0.110. The van der Waals surface area contributed by atoms with Crippen molar-refractivity contribution < 1.29 is 14.3 Å². The summed E-state index contributed by atoms with van der Waals surface area (Å²) in [5, 5.41) is 0. The highest BCUT2D eigenvalue weighted by Crippen LogP contribution is 2.33. The molecule has 3 heterocycles. The molecule has 2 aliphatic rings. The zero-order valence-corrected chi connectivity index (χ0v) is 14.2. The molecule has 2 aromatic rings. The summed E-state index contributed by atoms with van der Waals surface area (Å²) in [6, 6.07) is 11.9. The summed E-state index contributed by atoms with van der Waals surface area (Å²) in [4.78, 5) is 19.3. The molecule has 25 heavy (non-hydrogen) atoms. The lowest BCUT2D eigenvalue weighted by Gasteiger charge is -2.35. The number of fused-ring (bicyclic) bond motifs is 1. The molecule has 4 rings (SSSR count). The minimum Gasteiger partial charge on any atom is -0.454 e. The second kappa shape index (κ2) is 7.13. The van der Waals surface area contributed by atoms with Crippen molar-refractivity contribution in [2.24, 2.45) is 0 Å². The largest absolute Gasteiger partial charge is 0.454 e. The average molecular weight is 338 g/mol. The van der Waals surface area contributed by atoms with Gasteiger partial charge >= 0.3 is 0 Å². The molecule has 0 radical (unpaired) electrons. The van der Waals surface area contributed by atoms with Crippen molar-refractivity contribution >= 4 is 5.91 Å². The molecule has 5 nitrogen and oxygen atoms in total. The van der Waals surface area contributed by atoms with Gasteiger partial charge in [0.2, 0.25) is 12.7 Å². The first-order valence-corrected chi connectivity index (χ1v) is 8.90. The average Bonchev–Trinajstić information content (AvgIpc) is 3.14. The molecule has 1 atom stereocenters. The van der Waals surface area contributed by atoms with Crippen LogP contribution in [0, 0.1) is 0 Å². The lowest BCUT2D eigenvalue weighted by Crippen LogP contribution is -2.38. The zero-order valence-electron chi connectivity index (χ0n) is 14.2. The monoisotopic (exact) mass is 338 g/mol. The van der Waals surface area contributed by atoms with Crippen LogP contribution < -0.4 is 9.47 Å². The van der Waals surface area contributed by atoms with Gasteiger partial charge in [0.25, 0.3) is 0 Å². The van der Waals surface area contributed by atoms with Crippen molar-refractivity contribution in [3.63, 3.8) is 0 Å². The van der Waals surface area contributed by atoms with Gasteiger partial charge < -0.3 is 14.4 Å². The van der Waals surface area contributed by atoms with Crippen LogP contribution >= 0.6 is 0 Å². The lowest BCUT2D eigenvalue weighted by atomic mass is 9.97. The number of hydrogen-bond donors (Lipinski definition) is 0. The maximum Gasteiger partial charge on any atom is 0.231 e. The van der Waals surface area contributed by atoms with Crippen LogP contribution in [0.5, 0.6) is 11.5 Å². The Bertz CT molecular complexity index is 748. The van der Waals surface area contributed by atoms with Gasteiger partial charge in [0.15, 0.2) is 11.5 Å². The van der Waals surface area contributed by atoms with Crippen molar-refractivity contribution in [1.82, 2.24) is 9.88 Å². The third kappa shape index (κ3) is 3.45. The van der Waals surface area contributed by atoms with E-state index in [9.17, 15) is 4.79 Å². The highest BCUT2D eigenvalue weighted by atomic mass is 16.7. The summed E-state index contributed by atoms with van der Waals surface area (Å²) in [7, 11) is 0. The van der Waals surface area contributed by atoms with E-state index in [0.717, 1.165) is 48.6 Å². The van der Waals surface area contributed by atoms with Gasteiger partial charge in [-0.1, -0.05) is 12.1 Å². The third-order valence-corrected chi connectivity index (χ3v) is 4.92. The van der Waals surface area contributed by atoms with Crippen molar-refractivity contribution in [2.45, 2.75) is 38.1 Å². The predicted octanol–water partition coefficient (Wildman–Crippen LogP) is 3.50. The Morgan fingerprint density at radius 2 is 2.08 bits per heavy atom. The summed E-state index contributed by atoms with van der Waals surface area (Å²) in [6.45, 7) is 1.10. The molecule has 5 heteroatoms. The van der Waals surface area contributed by atoms with E-state index in [-0.39, 0.29) is 18.7 Å². The summed E-state index contributed by atoms with van der Waals surface area (Å²) < 4.78 is 10.7. The van der Waals surface area contributed by atoms with Crippen LogP contribution in [0.2, 0.25) is 0 Å². The number of nitrogens with zero attached hydrogens (tertiary/aromatic N) is 2. The number of hydrogen-bond acceptors (Lipinski definition) is 4. The molecule has 2 aliphatic heterocycles. The second-order valence-corrected chi connectivity index (χ2v) is 6.54. The SMILES string of the molecule is O=C(CCc1ccc2c(c1)OCO2)N1CCCC[C@@H]1c1ccccn1. The van der Waals surface area contributed by atoms with Gasteiger partial charge in [-0.3, -0.25) is 9.78 Å². The Labute approximate surface area is 147 Å². The van der Waals surface area contributed by atoms with Crippen molar-refractivity contribution in [3.8, 4) is 11.5 Å². The molecular formula is C20H22N2O3. The first-order chi connectivity index (χ1) is 12.3. The Morgan fingerprint density at radius 3 is 2.96 bits per heavy atom. The highest BCUT2D eigenvalue weighted by Gasteiger charge is 2.28. The number of rotatable bonds is 4. The molecule has 0 aliphatic carbocycles. The van der Waals surface area contributed by atoms with Gasteiger partial charge in [-0.25, -0.2) is 0 Å². The number of aryl methyl sites for hydroxylation is 1. The number of piperidine rings is 1. The fourth-order valence-corrected chi connectivity index (χ4v) is 3.60. The summed E-state index contributed by atoms with van der Waals surface area (Å²) >= 11 is 0. The van der Waals surface area contributed by atoms with Crippen LogP contribution in [-0.4, -0.2) is 29.1 Å². The summed E-state index contributed by atoms with van der Waals surface area (Å²) in [6.07, 6.45) is 6.22. The van der Waals surface area contributed by atoms with Crippen molar-refractivity contribution in [2.75, 3.05) is 13.3 Å². The molecule has 1 aromatic carbocycles. The minimum atomic E-state index is 0.110. The van der Waals surface area contributed by atoms with Crippen LogP contribution in [0.4, 0.5) is 0 Å². The normalized spacial score (nSPS) is 19.0. The lowest BCUT2D eigenvalue weighted by molar-refractivity contribution is -0.135. The van der Waals surface area contributed by atoms with Crippen LogP contribution in [0.3, 0.4) is 0 Å². The van der Waals surface area contributed by atoms with Crippen LogP contribution in [0.15, 0.2) is 42.6 Å². The Hall–Kier alpha value is -2.56. The van der Waals surface area contributed by atoms with Gasteiger partial charge in [-0.05, 0) is 55.5 Å². The molecule has 1 aromatic heterocycles. The molecule has 1 amide bonds. The van der Waals surface area contributed by atoms with Crippen molar-refractivity contribution in [3.05, 3.63) is 53.9 Å². The molecule has 0 saturated carbocycles. The Morgan fingerprint density at radius 1 is 1.16 bits per heavy atom. The number of carbonyl (C=O) groups is 1. The molecule has 1 fully saturated rings. The third-order valence-electron chi connectivity index (χ3n) is 4.92. The smallest absolute Gasteiger partial charge is 0.231 e. The molecule has 0 bridgehead atoms. The Kier molecular flexibility index (Phi) is 4.55. The van der Waals surface area contributed by atoms with Gasteiger partial charge in [0.05, 0.1) is 11.7 Å². The number of benzene rings is 1. The summed E-state index contributed by atoms with van der Waals surface area (Å²) in [5.74, 6) is 1.75. The molecule has 0 unspecified atom stereocenters. The van der Waals surface area contributed by atoms with E-state index in [4.69, 9.17) is 9.47 Å². The fourth-order valence-electron chi connectivity index (χ4n) is 3.60.